The zero-order valence-electron chi connectivity index (χ0n) is 9.55. The highest BCUT2D eigenvalue weighted by Crippen LogP contribution is 2.30. The number of aliphatic hydroxyl groups is 1. The number of rotatable bonds is 3. The van der Waals surface area contributed by atoms with Crippen LogP contribution in [0.2, 0.25) is 5.02 Å². The van der Waals surface area contributed by atoms with E-state index in [-0.39, 0.29) is 16.4 Å². The Balaban J connectivity index is 2.54. The van der Waals surface area contributed by atoms with Crippen LogP contribution in [-0.4, -0.2) is 13.5 Å². The first-order valence-corrected chi connectivity index (χ1v) is 7.89. The van der Waals surface area contributed by atoms with E-state index in [2.05, 4.69) is 0 Å². The average Bonchev–Trinajstić information content (AvgIpc) is 2.71. The Bertz CT molecular complexity index is 657. The lowest BCUT2D eigenvalue weighted by atomic mass is 10.3. The summed E-state index contributed by atoms with van der Waals surface area (Å²) in [7, 11) is -3.54. The van der Waals surface area contributed by atoms with Gasteiger partial charge in [-0.15, -0.1) is 11.3 Å². The number of hydrogen-bond donors (Lipinski definition) is 1. The zero-order chi connectivity index (χ0) is 13.3. The number of benzene rings is 1. The van der Waals surface area contributed by atoms with Crippen LogP contribution in [0.1, 0.15) is 10.4 Å². The normalized spacial score (nSPS) is 11.7. The van der Waals surface area contributed by atoms with Gasteiger partial charge in [0.2, 0.25) is 9.84 Å². The third-order valence-electron chi connectivity index (χ3n) is 2.65. The highest BCUT2D eigenvalue weighted by Gasteiger charge is 2.22. The summed E-state index contributed by atoms with van der Waals surface area (Å²) in [5.74, 6) is 0. The molecule has 0 unspecified atom stereocenters. The predicted octanol–water partition coefficient (Wildman–Crippen LogP) is 3.04. The molecule has 1 aromatic carbocycles. The summed E-state index contributed by atoms with van der Waals surface area (Å²) < 4.78 is 24.8. The molecule has 2 aromatic rings. The molecule has 96 valence electrons. The van der Waals surface area contributed by atoms with E-state index in [1.807, 2.05) is 0 Å². The molecule has 0 spiro atoms. The van der Waals surface area contributed by atoms with E-state index in [0.717, 1.165) is 0 Å². The highest BCUT2D eigenvalue weighted by atomic mass is 35.5. The van der Waals surface area contributed by atoms with Gasteiger partial charge in [-0.25, -0.2) is 8.42 Å². The van der Waals surface area contributed by atoms with Crippen molar-refractivity contribution >= 4 is 32.8 Å². The van der Waals surface area contributed by atoms with E-state index in [4.69, 9.17) is 16.7 Å². The van der Waals surface area contributed by atoms with Crippen molar-refractivity contribution in [2.45, 2.75) is 23.3 Å². The van der Waals surface area contributed by atoms with E-state index in [0.29, 0.717) is 15.5 Å². The van der Waals surface area contributed by atoms with E-state index >= 15 is 0 Å². The van der Waals surface area contributed by atoms with Gasteiger partial charge in [0.05, 0.1) is 16.4 Å². The fraction of sp³-hybridized carbons (Fsp3) is 0.167. The van der Waals surface area contributed by atoms with Gasteiger partial charge in [-0.3, -0.25) is 0 Å². The molecular formula is C12H11ClO3S2. The monoisotopic (exact) mass is 302 g/mol. The minimum atomic E-state index is -3.54. The molecule has 2 rings (SSSR count). The fourth-order valence-electron chi connectivity index (χ4n) is 1.60. The number of thiophene rings is 1. The van der Waals surface area contributed by atoms with Crippen molar-refractivity contribution in [2.75, 3.05) is 0 Å². The first-order valence-electron chi connectivity index (χ1n) is 5.15. The molecule has 1 aromatic heterocycles. The van der Waals surface area contributed by atoms with E-state index in [9.17, 15) is 8.42 Å². The quantitative estimate of drug-likeness (QED) is 0.948. The van der Waals surface area contributed by atoms with Gasteiger partial charge in [0.25, 0.3) is 0 Å². The van der Waals surface area contributed by atoms with Crippen LogP contribution in [0.4, 0.5) is 0 Å². The topological polar surface area (TPSA) is 54.4 Å². The average molecular weight is 303 g/mol. The van der Waals surface area contributed by atoms with Crippen molar-refractivity contribution in [2.24, 2.45) is 0 Å². The van der Waals surface area contributed by atoms with Crippen molar-refractivity contribution < 1.29 is 13.5 Å². The Hall–Kier alpha value is -0.880. The molecule has 1 N–H and O–H groups in total. The molecule has 0 fully saturated rings. The van der Waals surface area contributed by atoms with Crippen molar-refractivity contribution in [1.29, 1.82) is 0 Å². The second-order valence-electron chi connectivity index (χ2n) is 3.76. The smallest absolute Gasteiger partial charge is 0.207 e. The molecule has 0 radical (unpaired) electrons. The van der Waals surface area contributed by atoms with Crippen molar-refractivity contribution in [1.82, 2.24) is 0 Å². The van der Waals surface area contributed by atoms with Crippen molar-refractivity contribution in [3.05, 3.63) is 45.1 Å². The highest BCUT2D eigenvalue weighted by molar-refractivity contribution is 7.91. The zero-order valence-corrected chi connectivity index (χ0v) is 11.9. The molecule has 18 heavy (non-hydrogen) atoms. The Morgan fingerprint density at radius 3 is 2.39 bits per heavy atom. The van der Waals surface area contributed by atoms with Gasteiger partial charge >= 0.3 is 0 Å². The minimum absolute atomic E-state index is 0.146. The molecule has 0 aliphatic carbocycles. The molecule has 0 saturated carbocycles. The van der Waals surface area contributed by atoms with Crippen molar-refractivity contribution in [3.8, 4) is 0 Å². The molecule has 3 nitrogen and oxygen atoms in total. The van der Waals surface area contributed by atoms with Gasteiger partial charge in [0.1, 0.15) is 0 Å². The summed E-state index contributed by atoms with van der Waals surface area (Å²) in [6.07, 6.45) is 0. The summed E-state index contributed by atoms with van der Waals surface area (Å²) in [6.45, 7) is 1.55. The lowest BCUT2D eigenvalue weighted by Crippen LogP contribution is -2.02. The molecular weight excluding hydrogens is 292 g/mol. The maximum atomic E-state index is 12.4. The molecule has 0 amide bonds. The number of sulfone groups is 1. The van der Waals surface area contributed by atoms with E-state index in [1.165, 1.54) is 23.5 Å². The summed E-state index contributed by atoms with van der Waals surface area (Å²) >= 11 is 6.99. The standard InChI is InChI=1S/C12H11ClO3S2/c1-8-11(6-14)17-7-12(8)18(15,16)10-4-2-9(13)3-5-10/h2-5,7,14H,6H2,1H3. The Labute approximate surface area is 115 Å². The van der Waals surface area contributed by atoms with Gasteiger partial charge in [-0.1, -0.05) is 11.6 Å². The molecule has 0 atom stereocenters. The summed E-state index contributed by atoms with van der Waals surface area (Å²) in [4.78, 5) is 1.12. The Morgan fingerprint density at radius 1 is 1.28 bits per heavy atom. The van der Waals surface area contributed by atoms with Gasteiger partial charge in [-0.2, -0.15) is 0 Å². The van der Waals surface area contributed by atoms with Crippen LogP contribution in [0.25, 0.3) is 0 Å². The lowest BCUT2D eigenvalue weighted by Gasteiger charge is -2.04. The maximum absolute atomic E-state index is 12.4. The molecule has 0 saturated heterocycles. The third-order valence-corrected chi connectivity index (χ3v) is 6.02. The lowest BCUT2D eigenvalue weighted by molar-refractivity contribution is 0.284. The summed E-state index contributed by atoms with van der Waals surface area (Å²) in [5.41, 5.74) is 0.609. The molecule has 0 bridgehead atoms. The third kappa shape index (κ3) is 2.31. The first kappa shape index (κ1) is 13.5. The largest absolute Gasteiger partial charge is 0.391 e. The predicted molar refractivity (Wildman–Crippen MR) is 71.9 cm³/mol. The second-order valence-corrected chi connectivity index (χ2v) is 7.08. The number of halogens is 1. The van der Waals surface area contributed by atoms with Gasteiger partial charge in [-0.05, 0) is 36.8 Å². The molecule has 6 heteroatoms. The Morgan fingerprint density at radius 2 is 1.89 bits per heavy atom. The van der Waals surface area contributed by atoms with Crippen LogP contribution in [0.3, 0.4) is 0 Å². The maximum Gasteiger partial charge on any atom is 0.207 e. The summed E-state index contributed by atoms with van der Waals surface area (Å²) in [5, 5.41) is 11.2. The van der Waals surface area contributed by atoms with Gasteiger partial charge < -0.3 is 5.11 Å². The molecule has 0 aliphatic rings. The summed E-state index contributed by atoms with van der Waals surface area (Å²) in [6, 6.07) is 6.05. The van der Waals surface area contributed by atoms with E-state index < -0.39 is 9.84 Å². The SMILES string of the molecule is Cc1c(S(=O)(=O)c2ccc(Cl)cc2)csc1CO. The molecule has 0 aliphatic heterocycles. The van der Waals surface area contributed by atoms with Crippen LogP contribution in [0.5, 0.6) is 0 Å². The Kier molecular flexibility index (Phi) is 3.77. The fourth-order valence-corrected chi connectivity index (χ4v) is 4.50. The number of hydrogen-bond acceptors (Lipinski definition) is 4. The van der Waals surface area contributed by atoms with E-state index in [1.54, 1.807) is 24.4 Å². The van der Waals surface area contributed by atoms with Crippen molar-refractivity contribution in [3.63, 3.8) is 0 Å². The van der Waals surface area contributed by atoms with Gasteiger partial charge in [0.15, 0.2) is 0 Å². The first-order chi connectivity index (χ1) is 8.46. The second kappa shape index (κ2) is 5.01. The van der Waals surface area contributed by atoms with Crippen LogP contribution in [0.15, 0.2) is 39.4 Å². The molecule has 1 heterocycles. The van der Waals surface area contributed by atoms with Crippen LogP contribution < -0.4 is 0 Å². The van der Waals surface area contributed by atoms with Gasteiger partial charge in [0, 0.05) is 15.3 Å². The van der Waals surface area contributed by atoms with Crippen LogP contribution in [-0.2, 0) is 16.4 Å². The number of aliphatic hydroxyl groups excluding tert-OH is 1. The minimum Gasteiger partial charge on any atom is -0.391 e. The van der Waals surface area contributed by atoms with Crippen LogP contribution >= 0.6 is 22.9 Å². The van der Waals surface area contributed by atoms with Crippen LogP contribution in [0, 0.1) is 6.92 Å².